The van der Waals surface area contributed by atoms with Gasteiger partial charge in [0.1, 0.15) is 27.2 Å². The van der Waals surface area contributed by atoms with Crippen LogP contribution in [0, 0.1) is 6.92 Å². The van der Waals surface area contributed by atoms with E-state index in [1.807, 2.05) is 91.3 Å². The first-order chi connectivity index (χ1) is 38.6. The van der Waals surface area contributed by atoms with Gasteiger partial charge < -0.3 is 51.9 Å². The van der Waals surface area contributed by atoms with Gasteiger partial charge in [-0.1, -0.05) is 78.7 Å². The number of thiophene rings is 1. The summed E-state index contributed by atoms with van der Waals surface area (Å²) < 4.78 is 5.44. The highest BCUT2D eigenvalue weighted by molar-refractivity contribution is 7.18. The number of rotatable bonds is 14. The second-order valence-corrected chi connectivity index (χ2v) is 22.2. The van der Waals surface area contributed by atoms with E-state index in [4.69, 9.17) is 15.9 Å². The molecule has 0 unspecified atom stereocenters. The quantitative estimate of drug-likeness (QED) is 0.0440. The molecule has 17 nitrogen and oxygen atoms in total. The van der Waals surface area contributed by atoms with Crippen LogP contribution in [-0.2, 0) is 12.8 Å². The second kappa shape index (κ2) is 27.3. The number of allylic oxidation sites excluding steroid dienone is 4. The Kier molecular flexibility index (Phi) is 19.4. The number of nitrogens with zero attached hydrogens (tertiary/aromatic N) is 7. The maximum Gasteiger partial charge on any atom is 0.267 e. The number of furan rings is 1. The number of carbonyl (C=O) groups is 3. The molecule has 414 valence electrons. The van der Waals surface area contributed by atoms with Crippen LogP contribution in [0.15, 0.2) is 138 Å². The molecule has 1 amide bonds. The van der Waals surface area contributed by atoms with Crippen LogP contribution in [0.25, 0.3) is 27.3 Å². The van der Waals surface area contributed by atoms with Crippen LogP contribution in [0.1, 0.15) is 66.1 Å². The molecule has 0 saturated carbocycles. The van der Waals surface area contributed by atoms with Gasteiger partial charge in [0.25, 0.3) is 5.91 Å². The molecule has 3 saturated heterocycles. The van der Waals surface area contributed by atoms with Gasteiger partial charge in [-0.25, -0.2) is 19.9 Å². The summed E-state index contributed by atoms with van der Waals surface area (Å²) in [5.41, 5.74) is 21.7. The number of aromatic nitrogens is 4. The van der Waals surface area contributed by atoms with E-state index < -0.39 is 0 Å². The number of nitrogens with one attached hydrogen (secondary N) is 4. The van der Waals surface area contributed by atoms with Crippen LogP contribution in [0.5, 0.6) is 0 Å². The van der Waals surface area contributed by atoms with Gasteiger partial charge in [-0.3, -0.25) is 14.4 Å². The van der Waals surface area contributed by atoms with E-state index in [-0.39, 0.29) is 37.7 Å². The van der Waals surface area contributed by atoms with Gasteiger partial charge in [-0.2, -0.15) is 0 Å². The molecule has 12 rings (SSSR count). The van der Waals surface area contributed by atoms with Gasteiger partial charge in [0.05, 0.1) is 31.1 Å². The monoisotopic (exact) mass is 1130 g/mol. The van der Waals surface area contributed by atoms with E-state index in [0.29, 0.717) is 27.0 Å². The highest BCUT2D eigenvalue weighted by Gasteiger charge is 2.21. The van der Waals surface area contributed by atoms with Crippen LogP contribution >= 0.6 is 34.0 Å². The number of amides is 1. The number of ketones is 2. The number of thiazole rings is 2. The fourth-order valence-electron chi connectivity index (χ4n) is 9.34. The number of anilines is 6. The number of aryl methyl sites for hydroxylation is 1. The number of piperazine rings is 3. The van der Waals surface area contributed by atoms with Crippen molar-refractivity contribution in [1.82, 2.24) is 35.9 Å². The summed E-state index contributed by atoms with van der Waals surface area (Å²) in [6.45, 7) is 13.2. The molecular weight excluding hydrogens is 1060 g/mol. The minimum Gasteiger partial charge on any atom is -0.464 e. The molecular formula is C60H67N13O4S3. The third-order valence-electron chi connectivity index (χ3n) is 13.9. The van der Waals surface area contributed by atoms with Crippen molar-refractivity contribution in [1.29, 1.82) is 0 Å². The molecule has 8 heterocycles. The van der Waals surface area contributed by atoms with Crippen molar-refractivity contribution in [2.45, 2.75) is 33.6 Å². The lowest BCUT2D eigenvalue weighted by molar-refractivity contribution is 0.0982. The van der Waals surface area contributed by atoms with E-state index in [9.17, 15) is 14.4 Å². The zero-order valence-electron chi connectivity index (χ0n) is 44.0. The van der Waals surface area contributed by atoms with Crippen molar-refractivity contribution in [2.75, 3.05) is 110 Å². The smallest absolute Gasteiger partial charge is 0.267 e. The highest BCUT2D eigenvalue weighted by Crippen LogP contribution is 2.32. The van der Waals surface area contributed by atoms with Gasteiger partial charge in [0, 0.05) is 119 Å². The average Bonchev–Trinajstić information content (AvgIpc) is 4.37. The lowest BCUT2D eigenvalue weighted by Gasteiger charge is -2.27. The van der Waals surface area contributed by atoms with Crippen molar-refractivity contribution in [3.8, 4) is 21.8 Å². The Morgan fingerprint density at radius 1 is 0.675 bits per heavy atom. The standard InChI is InChI=1S/C20H21N5OS.C20H22N4OS.C19H20N4O2S.CH4/c21-16-4-3-14(19-2-1-9-27-19)10-15(16)11-18(26)17-12-24-20(13-23-17)25-7-5-22-6-8-25;21-17-6-5-15(14-3-1-2-4-14)11-16(17)12-18(25)20-23-13-19(26-20)24-9-7-22-8-10-24;1-13-4-5-14(16-3-2-10-25-16)11-15(13)22-18(24)17-12-21-19(26-17)23-8-6-20-7-9-23;/h1-4,9-10,12-13,22H,5-8,11,21H2;1-3,5-6,11,13,22H,4,7-10,12,21H2;2-5,10-12,20H,6-9H2,1H3,(H,22,24);1H4. The van der Waals surface area contributed by atoms with Crippen LogP contribution < -0.4 is 47.4 Å². The molecule has 3 aromatic carbocycles. The van der Waals surface area contributed by atoms with E-state index >= 15 is 0 Å². The van der Waals surface area contributed by atoms with Gasteiger partial charge in [-0.05, 0) is 101 Å². The molecule has 1 aliphatic carbocycles. The Bertz CT molecular complexity index is 3410. The molecule has 3 aliphatic heterocycles. The summed E-state index contributed by atoms with van der Waals surface area (Å²) in [5, 5.41) is 17.5. The lowest BCUT2D eigenvalue weighted by Crippen LogP contribution is -2.43. The second-order valence-electron chi connectivity index (χ2n) is 19.3. The summed E-state index contributed by atoms with van der Waals surface area (Å²) >= 11 is 4.57. The minimum absolute atomic E-state index is 0. The first-order valence-electron chi connectivity index (χ1n) is 26.4. The number of hydrogen-bond acceptors (Lipinski definition) is 19. The molecule has 3 fully saturated rings. The van der Waals surface area contributed by atoms with Crippen LogP contribution in [-0.4, -0.2) is 116 Å². The topological polar surface area (TPSA) is 226 Å². The molecule has 0 spiro atoms. The van der Waals surface area contributed by atoms with Crippen molar-refractivity contribution in [3.05, 3.63) is 171 Å². The maximum atomic E-state index is 12.7. The maximum absolute atomic E-state index is 12.7. The van der Waals surface area contributed by atoms with Crippen molar-refractivity contribution >= 4 is 90.1 Å². The fourth-order valence-corrected chi connectivity index (χ4v) is 11.8. The molecule has 5 aromatic heterocycles. The predicted octanol–water partition coefficient (Wildman–Crippen LogP) is 9.54. The van der Waals surface area contributed by atoms with Gasteiger partial charge in [0.15, 0.2) is 21.7 Å². The molecule has 20 heteroatoms. The molecule has 4 aliphatic rings. The third-order valence-corrected chi connectivity index (χ3v) is 16.9. The molecule has 0 atom stereocenters. The van der Waals surface area contributed by atoms with Gasteiger partial charge >= 0.3 is 0 Å². The van der Waals surface area contributed by atoms with E-state index in [1.54, 1.807) is 36.2 Å². The number of carbonyl (C=O) groups excluding carboxylic acids is 3. The summed E-state index contributed by atoms with van der Waals surface area (Å²) in [6, 6.07) is 25.5. The van der Waals surface area contributed by atoms with Crippen molar-refractivity contribution in [3.63, 3.8) is 0 Å². The SMILES string of the molecule is C.Cc1ccc(-c2ccco2)cc1NC(=O)c1cnc(N2CCNCC2)s1.Nc1ccc(-c2cccs2)cc1CC(=O)c1cnc(N2CCNCC2)cn1.Nc1ccc(C2=CC=CC2)cc1CC(=O)c1ncc(N2CCNCC2)s1. The predicted molar refractivity (Wildman–Crippen MR) is 328 cm³/mol. The lowest BCUT2D eigenvalue weighted by atomic mass is 9.99. The molecule has 0 radical (unpaired) electrons. The van der Waals surface area contributed by atoms with Crippen LogP contribution in [0.3, 0.4) is 0 Å². The zero-order chi connectivity index (χ0) is 54.5. The minimum atomic E-state index is -0.136. The number of Topliss-reactive ketones (excluding diaryl/α,β-unsaturated/α-hetero) is 2. The Morgan fingerprint density at radius 2 is 1.35 bits per heavy atom. The molecule has 0 bridgehead atoms. The Morgan fingerprint density at radius 3 is 2.00 bits per heavy atom. The van der Waals surface area contributed by atoms with Crippen molar-refractivity contribution in [2.24, 2.45) is 0 Å². The van der Waals surface area contributed by atoms with E-state index in [1.165, 1.54) is 28.2 Å². The van der Waals surface area contributed by atoms with E-state index in [0.717, 1.165) is 151 Å². The summed E-state index contributed by atoms with van der Waals surface area (Å²) in [4.78, 5) is 64.0. The highest BCUT2D eigenvalue weighted by atomic mass is 32.1. The van der Waals surface area contributed by atoms with Crippen LogP contribution in [0.2, 0.25) is 0 Å². The molecule has 8 aromatic rings. The first kappa shape index (κ1) is 56.9. The largest absolute Gasteiger partial charge is 0.464 e. The Balaban J connectivity index is 0.000000144. The summed E-state index contributed by atoms with van der Waals surface area (Å²) in [7, 11) is 0. The van der Waals surface area contributed by atoms with E-state index in [2.05, 4.69) is 80.2 Å². The molecule has 80 heavy (non-hydrogen) atoms. The third kappa shape index (κ3) is 14.5. The van der Waals surface area contributed by atoms with Gasteiger partial charge in [0.2, 0.25) is 0 Å². The van der Waals surface area contributed by atoms with Crippen molar-refractivity contribution < 1.29 is 18.8 Å². The van der Waals surface area contributed by atoms with Crippen LogP contribution in [0.4, 0.5) is 33.0 Å². The van der Waals surface area contributed by atoms with Gasteiger partial charge in [-0.15, -0.1) is 11.3 Å². The first-order valence-corrected chi connectivity index (χ1v) is 28.9. The molecule has 8 N–H and O–H groups in total. The normalized spacial score (nSPS) is 15.0. The number of hydrogen-bond donors (Lipinski definition) is 6. The summed E-state index contributed by atoms with van der Waals surface area (Å²) in [5.74, 6) is 1.40. The average molecular weight is 1130 g/mol. The number of nitrogen functional groups attached to an aromatic ring is 2. The zero-order valence-corrected chi connectivity index (χ0v) is 46.4. The summed E-state index contributed by atoms with van der Waals surface area (Å²) in [6.07, 6.45) is 16.1. The number of benzene rings is 3. The fraction of sp³-hybridized carbons (Fsp3) is 0.283. The Labute approximate surface area is 478 Å². The number of nitrogens with two attached hydrogens (primary N) is 2. The Hall–Kier alpha value is -7.85.